The highest BCUT2D eigenvalue weighted by atomic mass is 19.2. The highest BCUT2D eigenvalue weighted by molar-refractivity contribution is 5.78. The number of hydrogen-bond acceptors (Lipinski definition) is 5. The van der Waals surface area contributed by atoms with Crippen LogP contribution in [-0.2, 0) is 11.3 Å². The lowest BCUT2D eigenvalue weighted by Gasteiger charge is -2.36. The van der Waals surface area contributed by atoms with Crippen LogP contribution in [0.2, 0.25) is 0 Å². The fourth-order valence-electron chi connectivity index (χ4n) is 3.79. The molecular formula is C20H28F2N6O. The normalized spacial score (nSPS) is 15.3. The summed E-state index contributed by atoms with van der Waals surface area (Å²) >= 11 is 0. The van der Waals surface area contributed by atoms with E-state index in [-0.39, 0.29) is 11.8 Å². The standard InChI is InChI=1S/C20H28F2N6O/c1-3-5-15(6-4-2)20(29)27-11-9-26(10-12-27)14-19-23-24-25-28(19)16-7-8-17(21)18(22)13-16/h7-8,13,15H,3-6,9-12,14H2,1-2H3. The van der Waals surface area contributed by atoms with Crippen molar-refractivity contribution < 1.29 is 13.6 Å². The number of aromatic nitrogens is 4. The van der Waals surface area contributed by atoms with Gasteiger partial charge in [0.1, 0.15) is 0 Å². The summed E-state index contributed by atoms with van der Waals surface area (Å²) < 4.78 is 28.2. The number of benzene rings is 1. The summed E-state index contributed by atoms with van der Waals surface area (Å²) in [6.45, 7) is 7.51. The molecule has 1 aliphatic rings. The molecule has 2 heterocycles. The van der Waals surface area contributed by atoms with Crippen LogP contribution in [0.1, 0.15) is 45.4 Å². The van der Waals surface area contributed by atoms with Gasteiger partial charge in [-0.3, -0.25) is 9.69 Å². The first-order chi connectivity index (χ1) is 14.0. The molecule has 0 unspecified atom stereocenters. The van der Waals surface area contributed by atoms with Crippen LogP contribution < -0.4 is 0 Å². The smallest absolute Gasteiger partial charge is 0.225 e. The van der Waals surface area contributed by atoms with Crippen molar-refractivity contribution >= 4 is 5.91 Å². The number of tetrazole rings is 1. The molecule has 3 rings (SSSR count). The molecule has 1 aliphatic heterocycles. The van der Waals surface area contributed by atoms with Gasteiger partial charge in [0, 0.05) is 38.2 Å². The first-order valence-electron chi connectivity index (χ1n) is 10.3. The maximum absolute atomic E-state index is 13.6. The van der Waals surface area contributed by atoms with E-state index < -0.39 is 11.6 Å². The van der Waals surface area contributed by atoms with Crippen LogP contribution in [0.5, 0.6) is 0 Å². The zero-order chi connectivity index (χ0) is 20.8. The van der Waals surface area contributed by atoms with Gasteiger partial charge in [0.25, 0.3) is 0 Å². The lowest BCUT2D eigenvalue weighted by molar-refractivity contribution is -0.137. The van der Waals surface area contributed by atoms with Gasteiger partial charge < -0.3 is 4.90 Å². The number of carbonyl (C=O) groups is 1. The van der Waals surface area contributed by atoms with E-state index in [1.54, 1.807) is 0 Å². The largest absolute Gasteiger partial charge is 0.340 e. The second kappa shape index (κ2) is 9.87. The van der Waals surface area contributed by atoms with Crippen molar-refractivity contribution in [2.24, 2.45) is 5.92 Å². The van der Waals surface area contributed by atoms with Crippen LogP contribution in [0.25, 0.3) is 5.69 Å². The third-order valence-electron chi connectivity index (χ3n) is 5.35. The van der Waals surface area contributed by atoms with Crippen LogP contribution in [0, 0.1) is 17.6 Å². The zero-order valence-electron chi connectivity index (χ0n) is 17.0. The Morgan fingerprint density at radius 2 is 1.76 bits per heavy atom. The zero-order valence-corrected chi connectivity index (χ0v) is 17.0. The summed E-state index contributed by atoms with van der Waals surface area (Å²) in [5.41, 5.74) is 0.375. The van der Waals surface area contributed by atoms with Crippen molar-refractivity contribution in [1.29, 1.82) is 0 Å². The predicted octanol–water partition coefficient (Wildman–Crippen LogP) is 2.80. The van der Waals surface area contributed by atoms with E-state index in [9.17, 15) is 13.6 Å². The number of rotatable bonds is 8. The molecular weight excluding hydrogens is 378 g/mol. The van der Waals surface area contributed by atoms with Crippen molar-refractivity contribution in [2.45, 2.75) is 46.1 Å². The Morgan fingerprint density at radius 3 is 2.38 bits per heavy atom. The first kappa shape index (κ1) is 21.3. The maximum atomic E-state index is 13.6. The van der Waals surface area contributed by atoms with Gasteiger partial charge in [-0.1, -0.05) is 26.7 Å². The van der Waals surface area contributed by atoms with E-state index >= 15 is 0 Å². The number of nitrogens with zero attached hydrogens (tertiary/aromatic N) is 6. The first-order valence-corrected chi connectivity index (χ1v) is 10.3. The predicted molar refractivity (Wildman–Crippen MR) is 104 cm³/mol. The molecule has 0 N–H and O–H groups in total. The molecule has 1 saturated heterocycles. The van der Waals surface area contributed by atoms with Gasteiger partial charge in [0.15, 0.2) is 17.5 Å². The van der Waals surface area contributed by atoms with Gasteiger partial charge in [-0.15, -0.1) is 5.10 Å². The molecule has 1 aromatic heterocycles. The quantitative estimate of drug-likeness (QED) is 0.674. The lowest BCUT2D eigenvalue weighted by atomic mass is 9.96. The van der Waals surface area contributed by atoms with Gasteiger partial charge in [-0.05, 0) is 35.4 Å². The topological polar surface area (TPSA) is 67.2 Å². The molecule has 0 saturated carbocycles. The number of hydrogen-bond donors (Lipinski definition) is 0. The third-order valence-corrected chi connectivity index (χ3v) is 5.35. The molecule has 0 atom stereocenters. The molecule has 0 radical (unpaired) electrons. The summed E-state index contributed by atoms with van der Waals surface area (Å²) in [4.78, 5) is 16.9. The molecule has 1 fully saturated rings. The molecule has 0 aliphatic carbocycles. The minimum absolute atomic E-state index is 0.122. The molecule has 0 bridgehead atoms. The van der Waals surface area contributed by atoms with Crippen LogP contribution in [0.4, 0.5) is 8.78 Å². The van der Waals surface area contributed by atoms with Crippen LogP contribution in [-0.4, -0.2) is 62.1 Å². The van der Waals surface area contributed by atoms with E-state index in [4.69, 9.17) is 0 Å². The van der Waals surface area contributed by atoms with Gasteiger partial charge >= 0.3 is 0 Å². The maximum Gasteiger partial charge on any atom is 0.225 e. The average molecular weight is 406 g/mol. The third kappa shape index (κ3) is 5.14. The van der Waals surface area contributed by atoms with Crippen LogP contribution in [0.3, 0.4) is 0 Å². The van der Waals surface area contributed by atoms with Crippen molar-refractivity contribution in [3.05, 3.63) is 35.7 Å². The fourth-order valence-corrected chi connectivity index (χ4v) is 3.79. The van der Waals surface area contributed by atoms with Crippen molar-refractivity contribution in [1.82, 2.24) is 30.0 Å². The molecule has 7 nitrogen and oxygen atoms in total. The Hall–Kier alpha value is -2.42. The molecule has 1 amide bonds. The Labute approximate surface area is 169 Å². The van der Waals surface area contributed by atoms with Crippen molar-refractivity contribution in [3.63, 3.8) is 0 Å². The van der Waals surface area contributed by atoms with E-state index in [2.05, 4.69) is 34.3 Å². The molecule has 158 valence electrons. The van der Waals surface area contributed by atoms with Crippen molar-refractivity contribution in [2.75, 3.05) is 26.2 Å². The highest BCUT2D eigenvalue weighted by Gasteiger charge is 2.27. The summed E-state index contributed by atoms with van der Waals surface area (Å²) in [5, 5.41) is 11.6. The Bertz CT molecular complexity index is 813. The Morgan fingerprint density at radius 1 is 1.07 bits per heavy atom. The summed E-state index contributed by atoms with van der Waals surface area (Å²) in [6, 6.07) is 3.58. The van der Waals surface area contributed by atoms with Gasteiger partial charge in [0.2, 0.25) is 5.91 Å². The Balaban J connectivity index is 1.60. The highest BCUT2D eigenvalue weighted by Crippen LogP contribution is 2.19. The molecule has 2 aromatic rings. The van der Waals surface area contributed by atoms with Crippen LogP contribution in [0.15, 0.2) is 18.2 Å². The average Bonchev–Trinajstić information content (AvgIpc) is 3.18. The second-order valence-electron chi connectivity index (χ2n) is 7.48. The molecule has 0 spiro atoms. The summed E-state index contributed by atoms with van der Waals surface area (Å²) in [5.74, 6) is -0.916. The molecule has 9 heteroatoms. The van der Waals surface area contributed by atoms with Crippen LogP contribution >= 0.6 is 0 Å². The number of piperazine rings is 1. The van der Waals surface area contributed by atoms with Gasteiger partial charge in [-0.2, -0.15) is 4.68 Å². The van der Waals surface area contributed by atoms with E-state index in [0.29, 0.717) is 31.1 Å². The monoisotopic (exact) mass is 406 g/mol. The lowest BCUT2D eigenvalue weighted by Crippen LogP contribution is -2.50. The SMILES string of the molecule is CCCC(CCC)C(=O)N1CCN(Cc2nnnn2-c2ccc(F)c(F)c2)CC1. The molecule has 29 heavy (non-hydrogen) atoms. The Kier molecular flexibility index (Phi) is 7.24. The van der Waals surface area contributed by atoms with E-state index in [0.717, 1.165) is 50.9 Å². The second-order valence-corrected chi connectivity index (χ2v) is 7.48. The number of amides is 1. The molecule has 1 aromatic carbocycles. The van der Waals surface area contributed by atoms with Gasteiger partial charge in [0.05, 0.1) is 12.2 Å². The minimum Gasteiger partial charge on any atom is -0.340 e. The van der Waals surface area contributed by atoms with Crippen molar-refractivity contribution in [3.8, 4) is 5.69 Å². The van der Waals surface area contributed by atoms with E-state index in [1.165, 1.54) is 10.7 Å². The number of carbonyl (C=O) groups excluding carboxylic acids is 1. The fraction of sp³-hybridized carbons (Fsp3) is 0.600. The number of halogens is 2. The van der Waals surface area contributed by atoms with Gasteiger partial charge in [-0.25, -0.2) is 8.78 Å². The van der Waals surface area contributed by atoms with E-state index in [1.807, 2.05) is 4.90 Å². The minimum atomic E-state index is -0.940. The summed E-state index contributed by atoms with van der Waals surface area (Å²) in [6.07, 6.45) is 3.91. The summed E-state index contributed by atoms with van der Waals surface area (Å²) in [7, 11) is 0.